The van der Waals surface area contributed by atoms with E-state index in [1.54, 1.807) is 10.9 Å². The molecule has 1 aromatic carbocycles. The topological polar surface area (TPSA) is 68.8 Å². The second-order valence-corrected chi connectivity index (χ2v) is 4.48. The minimum Gasteiger partial charge on any atom is -0.396 e. The van der Waals surface area contributed by atoms with Crippen molar-refractivity contribution in [1.82, 2.24) is 14.8 Å². The van der Waals surface area contributed by atoms with Crippen molar-refractivity contribution in [2.24, 2.45) is 7.05 Å². The van der Waals surface area contributed by atoms with Crippen LogP contribution in [0.3, 0.4) is 0 Å². The number of aromatic nitrogens is 3. The molecule has 0 spiro atoms. The van der Waals surface area contributed by atoms with Crippen LogP contribution in [-0.2, 0) is 13.6 Å². The van der Waals surface area contributed by atoms with Crippen LogP contribution < -0.4 is 11.1 Å². The second-order valence-electron chi connectivity index (χ2n) is 4.48. The Kier molecular flexibility index (Phi) is 2.79. The van der Waals surface area contributed by atoms with Crippen molar-refractivity contribution in [3.05, 3.63) is 48.4 Å². The minimum absolute atomic E-state index is 0.655. The quantitative estimate of drug-likeness (QED) is 0.750. The molecule has 0 bridgehead atoms. The summed E-state index contributed by atoms with van der Waals surface area (Å²) in [5.74, 6) is 0. The fourth-order valence-corrected chi connectivity index (χ4v) is 2.11. The number of nitrogens with zero attached hydrogens (tertiary/aromatic N) is 3. The highest BCUT2D eigenvalue weighted by molar-refractivity contribution is 5.96. The Labute approximate surface area is 111 Å². The van der Waals surface area contributed by atoms with Crippen LogP contribution in [0.1, 0.15) is 5.56 Å². The summed E-state index contributed by atoms with van der Waals surface area (Å²) in [4.78, 5) is 4.32. The van der Waals surface area contributed by atoms with Crippen LogP contribution in [0.4, 0.5) is 11.4 Å². The van der Waals surface area contributed by atoms with Gasteiger partial charge in [-0.15, -0.1) is 0 Å². The highest BCUT2D eigenvalue weighted by Gasteiger charge is 2.06. The number of fused-ring (bicyclic) bond motifs is 1. The van der Waals surface area contributed by atoms with Gasteiger partial charge in [0.15, 0.2) is 0 Å². The lowest BCUT2D eigenvalue weighted by molar-refractivity contribution is 0.767. The van der Waals surface area contributed by atoms with Gasteiger partial charge in [0.1, 0.15) is 0 Å². The first-order chi connectivity index (χ1) is 9.24. The predicted octanol–water partition coefficient (Wildman–Crippen LogP) is 2.16. The van der Waals surface area contributed by atoms with Gasteiger partial charge in [-0.2, -0.15) is 5.10 Å². The zero-order chi connectivity index (χ0) is 13.2. The molecule has 5 nitrogen and oxygen atoms in total. The SMILES string of the molecule is Cn1cc(CNc2c(N)cnc3ccccc23)cn1. The number of hydrogen-bond donors (Lipinski definition) is 2. The van der Waals surface area contributed by atoms with Gasteiger partial charge in [0.2, 0.25) is 0 Å². The van der Waals surface area contributed by atoms with E-state index in [1.165, 1.54) is 0 Å². The number of nitrogens with two attached hydrogens (primary N) is 1. The van der Waals surface area contributed by atoms with E-state index in [2.05, 4.69) is 15.4 Å². The summed E-state index contributed by atoms with van der Waals surface area (Å²) < 4.78 is 1.78. The standard InChI is InChI=1S/C14H15N5/c1-19-9-10(7-18-19)6-17-14-11-4-2-3-5-13(11)16-8-12(14)15/h2-5,7-9H,6,15H2,1H3,(H,16,17). The molecule has 0 aliphatic carbocycles. The molecule has 0 saturated carbocycles. The van der Waals surface area contributed by atoms with Crippen LogP contribution in [0.15, 0.2) is 42.9 Å². The van der Waals surface area contributed by atoms with Gasteiger partial charge in [-0.3, -0.25) is 9.67 Å². The minimum atomic E-state index is 0.655. The Morgan fingerprint density at radius 2 is 2.11 bits per heavy atom. The predicted molar refractivity (Wildman–Crippen MR) is 76.7 cm³/mol. The van der Waals surface area contributed by atoms with Crippen molar-refractivity contribution in [3.8, 4) is 0 Å². The highest BCUT2D eigenvalue weighted by atomic mass is 15.2. The molecule has 0 fully saturated rings. The molecular weight excluding hydrogens is 238 g/mol. The van der Waals surface area contributed by atoms with Gasteiger partial charge in [-0.25, -0.2) is 0 Å². The molecule has 0 radical (unpaired) electrons. The number of hydrogen-bond acceptors (Lipinski definition) is 4. The van der Waals surface area contributed by atoms with Crippen molar-refractivity contribution >= 4 is 22.3 Å². The van der Waals surface area contributed by atoms with E-state index in [1.807, 2.05) is 43.7 Å². The van der Waals surface area contributed by atoms with Gasteiger partial charge in [0.05, 0.1) is 29.3 Å². The maximum absolute atomic E-state index is 6.01. The number of nitrogens with one attached hydrogen (secondary N) is 1. The lowest BCUT2D eigenvalue weighted by atomic mass is 10.1. The Morgan fingerprint density at radius 1 is 1.26 bits per heavy atom. The van der Waals surface area contributed by atoms with Gasteiger partial charge in [-0.05, 0) is 6.07 Å². The zero-order valence-corrected chi connectivity index (χ0v) is 10.7. The summed E-state index contributed by atoms with van der Waals surface area (Å²) in [6.07, 6.45) is 5.51. The first-order valence-corrected chi connectivity index (χ1v) is 6.08. The summed E-state index contributed by atoms with van der Waals surface area (Å²) in [7, 11) is 1.90. The number of rotatable bonds is 3. The Hall–Kier alpha value is -2.56. The summed E-state index contributed by atoms with van der Waals surface area (Å²) in [5.41, 5.74) is 9.64. The zero-order valence-electron chi connectivity index (χ0n) is 10.7. The Morgan fingerprint density at radius 3 is 2.89 bits per heavy atom. The Bertz CT molecular complexity index is 717. The van der Waals surface area contributed by atoms with Gasteiger partial charge < -0.3 is 11.1 Å². The van der Waals surface area contributed by atoms with E-state index < -0.39 is 0 Å². The summed E-state index contributed by atoms with van der Waals surface area (Å²) in [6, 6.07) is 7.95. The fourth-order valence-electron chi connectivity index (χ4n) is 2.11. The maximum Gasteiger partial charge on any atom is 0.0743 e. The second kappa shape index (κ2) is 4.61. The molecule has 2 aromatic heterocycles. The molecule has 3 N–H and O–H groups in total. The Balaban J connectivity index is 1.93. The molecule has 3 rings (SSSR count). The molecular formula is C14H15N5. The number of para-hydroxylation sites is 1. The molecule has 2 heterocycles. The lowest BCUT2D eigenvalue weighted by Crippen LogP contribution is -2.03. The van der Waals surface area contributed by atoms with E-state index in [0.717, 1.165) is 22.2 Å². The smallest absolute Gasteiger partial charge is 0.0743 e. The molecule has 0 atom stereocenters. The van der Waals surface area contributed by atoms with Crippen molar-refractivity contribution in [2.45, 2.75) is 6.54 Å². The fraction of sp³-hybridized carbons (Fsp3) is 0.143. The van der Waals surface area contributed by atoms with Crippen molar-refractivity contribution in [2.75, 3.05) is 11.1 Å². The third-order valence-corrected chi connectivity index (χ3v) is 3.03. The lowest BCUT2D eigenvalue weighted by Gasteiger charge is -2.11. The normalized spacial score (nSPS) is 10.8. The van der Waals surface area contributed by atoms with Crippen LogP contribution in [0.25, 0.3) is 10.9 Å². The number of benzene rings is 1. The van der Waals surface area contributed by atoms with E-state index in [4.69, 9.17) is 5.73 Å². The van der Waals surface area contributed by atoms with Crippen LogP contribution in [0.5, 0.6) is 0 Å². The van der Waals surface area contributed by atoms with Gasteiger partial charge in [-0.1, -0.05) is 18.2 Å². The maximum atomic E-state index is 6.01. The summed E-state index contributed by atoms with van der Waals surface area (Å²) >= 11 is 0. The van der Waals surface area contributed by atoms with Crippen molar-refractivity contribution in [3.63, 3.8) is 0 Å². The molecule has 0 unspecified atom stereocenters. The highest BCUT2D eigenvalue weighted by Crippen LogP contribution is 2.27. The first kappa shape index (κ1) is 11.5. The largest absolute Gasteiger partial charge is 0.396 e. The van der Waals surface area contributed by atoms with Gasteiger partial charge in [0, 0.05) is 30.7 Å². The number of anilines is 2. The summed E-state index contributed by atoms with van der Waals surface area (Å²) in [6.45, 7) is 0.687. The third kappa shape index (κ3) is 2.22. The third-order valence-electron chi connectivity index (χ3n) is 3.03. The van der Waals surface area contributed by atoms with Crippen LogP contribution in [0, 0.1) is 0 Å². The monoisotopic (exact) mass is 253 g/mol. The van der Waals surface area contributed by atoms with Crippen LogP contribution in [-0.4, -0.2) is 14.8 Å². The van der Waals surface area contributed by atoms with Crippen molar-refractivity contribution in [1.29, 1.82) is 0 Å². The van der Waals surface area contributed by atoms with Gasteiger partial charge in [0.25, 0.3) is 0 Å². The molecule has 3 aromatic rings. The average molecular weight is 253 g/mol. The van der Waals surface area contributed by atoms with E-state index in [9.17, 15) is 0 Å². The van der Waals surface area contributed by atoms with Crippen LogP contribution >= 0.6 is 0 Å². The molecule has 0 saturated heterocycles. The number of aryl methyl sites for hydroxylation is 1. The van der Waals surface area contributed by atoms with Crippen molar-refractivity contribution < 1.29 is 0 Å². The van der Waals surface area contributed by atoms with E-state index in [-0.39, 0.29) is 0 Å². The number of nitrogen functional groups attached to an aromatic ring is 1. The van der Waals surface area contributed by atoms with E-state index >= 15 is 0 Å². The molecule has 0 amide bonds. The molecule has 96 valence electrons. The van der Waals surface area contributed by atoms with E-state index in [0.29, 0.717) is 12.2 Å². The number of pyridine rings is 1. The van der Waals surface area contributed by atoms with Gasteiger partial charge >= 0.3 is 0 Å². The molecule has 0 aliphatic rings. The van der Waals surface area contributed by atoms with Crippen LogP contribution in [0.2, 0.25) is 0 Å². The average Bonchev–Trinajstić information content (AvgIpc) is 2.83. The summed E-state index contributed by atoms with van der Waals surface area (Å²) in [5, 5.41) is 8.55. The molecule has 19 heavy (non-hydrogen) atoms. The molecule has 0 aliphatic heterocycles. The molecule has 5 heteroatoms. The first-order valence-electron chi connectivity index (χ1n) is 6.08.